The van der Waals surface area contributed by atoms with Gasteiger partial charge in [0, 0.05) is 50.1 Å². The van der Waals surface area contributed by atoms with Crippen molar-refractivity contribution in [2.75, 3.05) is 43.2 Å². The summed E-state index contributed by atoms with van der Waals surface area (Å²) in [6.45, 7) is 1.97. The van der Waals surface area contributed by atoms with Gasteiger partial charge in [0.2, 0.25) is 0 Å². The van der Waals surface area contributed by atoms with Gasteiger partial charge in [-0.1, -0.05) is 0 Å². The lowest BCUT2D eigenvalue weighted by Crippen LogP contribution is -2.25. The van der Waals surface area contributed by atoms with E-state index in [-0.39, 0.29) is 5.91 Å². The van der Waals surface area contributed by atoms with Crippen molar-refractivity contribution in [1.82, 2.24) is 19.9 Å². The first-order valence-corrected chi connectivity index (χ1v) is 11.5. The Morgan fingerprint density at radius 3 is 2.88 bits per heavy atom. The Kier molecular flexibility index (Phi) is 5.65. The van der Waals surface area contributed by atoms with E-state index in [0.29, 0.717) is 11.3 Å². The van der Waals surface area contributed by atoms with E-state index in [0.717, 1.165) is 46.9 Å². The second-order valence-corrected chi connectivity index (χ2v) is 9.42. The number of nitrogens with zero attached hydrogens (tertiary/aromatic N) is 5. The third kappa shape index (κ3) is 4.24. The first-order valence-electron chi connectivity index (χ1n) is 10.7. The SMILES string of the molecule is CN1CCc2c(sc3ncnc(Nc4ccc(N(C)C)c(NC(=O)c5cccnc5)c4)c23)C1. The third-order valence-corrected chi connectivity index (χ3v) is 6.87. The molecular formula is C24H25N7OS. The van der Waals surface area contributed by atoms with Gasteiger partial charge >= 0.3 is 0 Å². The highest BCUT2D eigenvalue weighted by molar-refractivity contribution is 7.19. The Morgan fingerprint density at radius 2 is 2.09 bits per heavy atom. The fourth-order valence-corrected chi connectivity index (χ4v) is 5.35. The number of pyridine rings is 1. The Hall–Kier alpha value is -3.56. The molecule has 1 amide bonds. The maximum Gasteiger partial charge on any atom is 0.257 e. The van der Waals surface area contributed by atoms with Crippen LogP contribution < -0.4 is 15.5 Å². The summed E-state index contributed by atoms with van der Waals surface area (Å²) in [7, 11) is 6.04. The van der Waals surface area contributed by atoms with E-state index in [4.69, 9.17) is 0 Å². The number of hydrogen-bond acceptors (Lipinski definition) is 8. The van der Waals surface area contributed by atoms with Gasteiger partial charge in [-0.2, -0.15) is 0 Å². The summed E-state index contributed by atoms with van der Waals surface area (Å²) >= 11 is 1.74. The fraction of sp³-hybridized carbons (Fsp3) is 0.250. The molecule has 2 N–H and O–H groups in total. The quantitative estimate of drug-likeness (QED) is 0.464. The molecular weight excluding hydrogens is 434 g/mol. The minimum Gasteiger partial charge on any atom is -0.376 e. The Bertz CT molecular complexity index is 1320. The first-order chi connectivity index (χ1) is 16.0. The van der Waals surface area contributed by atoms with Gasteiger partial charge in [0.25, 0.3) is 5.91 Å². The third-order valence-electron chi connectivity index (χ3n) is 5.74. The number of rotatable bonds is 5. The molecule has 0 atom stereocenters. The fourth-order valence-electron chi connectivity index (χ4n) is 4.08. The number of thiophene rings is 1. The van der Waals surface area contributed by atoms with Gasteiger partial charge in [0.15, 0.2) is 0 Å². The largest absolute Gasteiger partial charge is 0.376 e. The zero-order valence-corrected chi connectivity index (χ0v) is 19.6. The lowest BCUT2D eigenvalue weighted by Gasteiger charge is -2.22. The molecule has 33 heavy (non-hydrogen) atoms. The van der Waals surface area contributed by atoms with Gasteiger partial charge in [-0.25, -0.2) is 9.97 Å². The molecule has 0 saturated carbocycles. The first kappa shape index (κ1) is 21.3. The molecule has 4 aromatic rings. The van der Waals surface area contributed by atoms with E-state index in [1.165, 1.54) is 10.4 Å². The molecule has 3 aromatic heterocycles. The number of fused-ring (bicyclic) bond motifs is 3. The number of likely N-dealkylation sites (N-methyl/N-ethyl adjacent to an activating group) is 1. The Labute approximate surface area is 196 Å². The standard InChI is InChI=1S/C24H25N7OS/c1-30(2)19-7-6-16(11-18(19)29-23(32)15-5-4-9-25-12-15)28-22-21-17-8-10-31(3)13-20(17)33-24(21)27-14-26-22/h4-7,9,11-12,14H,8,10,13H2,1-3H3,(H,29,32)(H,26,27,28). The number of anilines is 4. The number of carbonyl (C=O) groups excluding carboxylic acids is 1. The van der Waals surface area contributed by atoms with Gasteiger partial charge in [-0.3, -0.25) is 9.78 Å². The molecule has 0 unspecified atom stereocenters. The van der Waals surface area contributed by atoms with Crippen molar-refractivity contribution in [3.05, 3.63) is 65.1 Å². The molecule has 0 saturated heterocycles. The lowest BCUT2D eigenvalue weighted by atomic mass is 10.1. The zero-order chi connectivity index (χ0) is 22.9. The number of benzene rings is 1. The highest BCUT2D eigenvalue weighted by atomic mass is 32.1. The summed E-state index contributed by atoms with van der Waals surface area (Å²) in [5.74, 6) is 0.591. The molecule has 9 heteroatoms. The number of carbonyl (C=O) groups is 1. The average Bonchev–Trinajstić information content (AvgIpc) is 3.18. The van der Waals surface area contributed by atoms with Crippen LogP contribution in [-0.2, 0) is 13.0 Å². The monoisotopic (exact) mass is 459 g/mol. The van der Waals surface area contributed by atoms with Crippen LogP contribution in [0.2, 0.25) is 0 Å². The van der Waals surface area contributed by atoms with E-state index in [1.807, 2.05) is 37.2 Å². The van der Waals surface area contributed by atoms with E-state index in [9.17, 15) is 4.79 Å². The van der Waals surface area contributed by atoms with Crippen LogP contribution in [0.15, 0.2) is 49.1 Å². The smallest absolute Gasteiger partial charge is 0.257 e. The van der Waals surface area contributed by atoms with Crippen LogP contribution in [-0.4, -0.2) is 53.4 Å². The van der Waals surface area contributed by atoms with Crippen LogP contribution in [0.4, 0.5) is 22.9 Å². The number of aromatic nitrogens is 3. The zero-order valence-electron chi connectivity index (χ0n) is 18.8. The summed E-state index contributed by atoms with van der Waals surface area (Å²) in [5.41, 5.74) is 4.30. The second-order valence-electron chi connectivity index (χ2n) is 8.34. The summed E-state index contributed by atoms with van der Waals surface area (Å²) in [6.07, 6.45) is 5.80. The van der Waals surface area contributed by atoms with E-state index >= 15 is 0 Å². The normalized spacial score (nSPS) is 13.5. The van der Waals surface area contributed by atoms with Crippen molar-refractivity contribution in [2.45, 2.75) is 13.0 Å². The van der Waals surface area contributed by atoms with E-state index in [1.54, 1.807) is 42.2 Å². The van der Waals surface area contributed by atoms with Gasteiger partial charge in [-0.15, -0.1) is 11.3 Å². The summed E-state index contributed by atoms with van der Waals surface area (Å²) < 4.78 is 0. The van der Waals surface area contributed by atoms with Crippen LogP contribution in [0.5, 0.6) is 0 Å². The van der Waals surface area contributed by atoms with Crippen LogP contribution in [0.1, 0.15) is 20.8 Å². The molecule has 1 aliphatic heterocycles. The average molecular weight is 460 g/mol. The molecule has 1 aromatic carbocycles. The molecule has 0 radical (unpaired) electrons. The van der Waals surface area contributed by atoms with Crippen molar-refractivity contribution in [3.8, 4) is 0 Å². The molecule has 1 aliphatic rings. The topological polar surface area (TPSA) is 86.3 Å². The molecule has 0 bridgehead atoms. The maximum absolute atomic E-state index is 12.8. The minimum absolute atomic E-state index is 0.205. The predicted octanol–water partition coefficient (Wildman–Crippen LogP) is 4.14. The molecule has 0 aliphatic carbocycles. The summed E-state index contributed by atoms with van der Waals surface area (Å²) in [5, 5.41) is 7.60. The van der Waals surface area contributed by atoms with E-state index in [2.05, 4.69) is 37.5 Å². The molecule has 0 fully saturated rings. The van der Waals surface area contributed by atoms with Crippen molar-refractivity contribution in [3.63, 3.8) is 0 Å². The van der Waals surface area contributed by atoms with Gasteiger partial charge in [0.05, 0.1) is 22.3 Å². The van der Waals surface area contributed by atoms with Crippen LogP contribution in [0, 0.1) is 0 Å². The van der Waals surface area contributed by atoms with E-state index < -0.39 is 0 Å². The van der Waals surface area contributed by atoms with Crippen LogP contribution in [0.3, 0.4) is 0 Å². The molecule has 4 heterocycles. The Balaban J connectivity index is 1.49. The van der Waals surface area contributed by atoms with Crippen molar-refractivity contribution < 1.29 is 4.79 Å². The van der Waals surface area contributed by atoms with Crippen LogP contribution in [0.25, 0.3) is 10.2 Å². The maximum atomic E-state index is 12.8. The van der Waals surface area contributed by atoms with Gasteiger partial charge in [-0.05, 0) is 49.4 Å². The number of nitrogens with one attached hydrogen (secondary N) is 2. The summed E-state index contributed by atoms with van der Waals surface area (Å²) in [6, 6.07) is 9.41. The molecule has 0 spiro atoms. The lowest BCUT2D eigenvalue weighted by molar-refractivity contribution is 0.102. The highest BCUT2D eigenvalue weighted by Gasteiger charge is 2.22. The molecule has 8 nitrogen and oxygen atoms in total. The van der Waals surface area contributed by atoms with Crippen molar-refractivity contribution >= 4 is 50.3 Å². The molecule has 5 rings (SSSR count). The van der Waals surface area contributed by atoms with Crippen LogP contribution >= 0.6 is 11.3 Å². The van der Waals surface area contributed by atoms with Crippen molar-refractivity contribution in [1.29, 1.82) is 0 Å². The minimum atomic E-state index is -0.205. The Morgan fingerprint density at radius 1 is 1.21 bits per heavy atom. The number of hydrogen-bond donors (Lipinski definition) is 2. The molecule has 168 valence electrons. The van der Waals surface area contributed by atoms with Crippen molar-refractivity contribution in [2.24, 2.45) is 0 Å². The predicted molar refractivity (Wildman–Crippen MR) is 134 cm³/mol. The highest BCUT2D eigenvalue weighted by Crippen LogP contribution is 2.38. The second kappa shape index (κ2) is 8.76. The summed E-state index contributed by atoms with van der Waals surface area (Å²) in [4.78, 5) is 32.6. The number of amides is 1. The van der Waals surface area contributed by atoms with Gasteiger partial charge in [0.1, 0.15) is 17.0 Å². The van der Waals surface area contributed by atoms with Gasteiger partial charge < -0.3 is 20.4 Å².